The van der Waals surface area contributed by atoms with E-state index in [1.165, 1.54) is 4.90 Å². The van der Waals surface area contributed by atoms with Gasteiger partial charge in [0.05, 0.1) is 11.6 Å². The Labute approximate surface area is 132 Å². The predicted octanol–water partition coefficient (Wildman–Crippen LogP) is 3.73. The predicted molar refractivity (Wildman–Crippen MR) is 82.5 cm³/mol. The zero-order chi connectivity index (χ0) is 16.2. The second-order valence-electron chi connectivity index (χ2n) is 5.34. The van der Waals surface area contributed by atoms with E-state index in [9.17, 15) is 9.59 Å². The molecular formula is C13H19ClN2O4S. The summed E-state index contributed by atoms with van der Waals surface area (Å²) in [7, 11) is 0. The Balaban J connectivity index is 3.11. The van der Waals surface area contributed by atoms with Crippen molar-refractivity contribution in [3.63, 3.8) is 0 Å². The minimum Gasteiger partial charge on any atom is -0.477 e. The number of carboxylic acids is 1. The number of hydrogen-bond acceptors (Lipinski definition) is 5. The van der Waals surface area contributed by atoms with Crippen LogP contribution in [0.5, 0.6) is 0 Å². The van der Waals surface area contributed by atoms with Crippen LogP contribution < -0.4 is 4.90 Å². The summed E-state index contributed by atoms with van der Waals surface area (Å²) >= 11 is 6.63. The first-order chi connectivity index (χ1) is 9.69. The summed E-state index contributed by atoms with van der Waals surface area (Å²) in [5, 5.41) is 9.41. The van der Waals surface area contributed by atoms with E-state index in [0.717, 1.165) is 11.3 Å². The molecule has 0 spiro atoms. The molecule has 0 bridgehead atoms. The maximum atomic E-state index is 12.2. The highest BCUT2D eigenvalue weighted by atomic mass is 35.5. The average molecular weight is 335 g/mol. The largest absolute Gasteiger partial charge is 0.477 e. The molecule has 0 atom stereocenters. The number of hydrogen-bond donors (Lipinski definition) is 1. The maximum Gasteiger partial charge on any atom is 0.416 e. The molecular weight excluding hydrogens is 316 g/mol. The number of anilines is 1. The van der Waals surface area contributed by atoms with Crippen LogP contribution >= 0.6 is 22.9 Å². The van der Waals surface area contributed by atoms with E-state index in [1.807, 2.05) is 6.92 Å². The Bertz CT molecular complexity index is 525. The van der Waals surface area contributed by atoms with Crippen LogP contribution in [0.4, 0.5) is 9.93 Å². The molecule has 1 aromatic rings. The number of carbonyl (C=O) groups is 2. The van der Waals surface area contributed by atoms with E-state index in [1.54, 1.807) is 20.8 Å². The number of aromatic nitrogens is 1. The van der Waals surface area contributed by atoms with E-state index >= 15 is 0 Å². The molecule has 0 aliphatic carbocycles. The summed E-state index contributed by atoms with van der Waals surface area (Å²) < 4.78 is 5.32. The Morgan fingerprint density at radius 1 is 1.43 bits per heavy atom. The van der Waals surface area contributed by atoms with E-state index in [-0.39, 0.29) is 16.5 Å². The summed E-state index contributed by atoms with van der Waals surface area (Å²) in [6.07, 6.45) is 0.147. The van der Waals surface area contributed by atoms with Crippen LogP contribution in [0.3, 0.4) is 0 Å². The average Bonchev–Trinajstić information content (AvgIpc) is 2.77. The summed E-state index contributed by atoms with van der Waals surface area (Å²) in [5.74, 6) is -1.12. The fraction of sp³-hybridized carbons (Fsp3) is 0.615. The molecule has 0 saturated carbocycles. The molecule has 1 aromatic heterocycles. The van der Waals surface area contributed by atoms with Gasteiger partial charge in [0.1, 0.15) is 10.5 Å². The molecule has 0 unspecified atom stereocenters. The van der Waals surface area contributed by atoms with Gasteiger partial charge >= 0.3 is 12.1 Å². The Kier molecular flexibility index (Phi) is 5.98. The number of alkyl halides is 1. The smallest absolute Gasteiger partial charge is 0.416 e. The SMILES string of the molecule is CCCN(C(=O)OC(C)(C)C)c1nc(CCl)c(C(=O)O)s1. The van der Waals surface area contributed by atoms with E-state index < -0.39 is 17.7 Å². The van der Waals surface area contributed by atoms with Gasteiger partial charge in [0, 0.05) is 6.54 Å². The zero-order valence-electron chi connectivity index (χ0n) is 12.5. The number of amides is 1. The molecule has 6 nitrogen and oxygen atoms in total. The normalized spacial score (nSPS) is 11.3. The number of thiazole rings is 1. The molecule has 1 rings (SSSR count). The summed E-state index contributed by atoms with van der Waals surface area (Å²) in [6.45, 7) is 7.60. The van der Waals surface area contributed by atoms with Crippen molar-refractivity contribution in [2.75, 3.05) is 11.4 Å². The molecule has 8 heteroatoms. The van der Waals surface area contributed by atoms with Gasteiger partial charge in [-0.25, -0.2) is 14.6 Å². The molecule has 1 amide bonds. The second-order valence-corrected chi connectivity index (χ2v) is 6.59. The van der Waals surface area contributed by atoms with Crippen molar-refractivity contribution in [1.29, 1.82) is 0 Å². The van der Waals surface area contributed by atoms with Crippen molar-refractivity contribution in [1.82, 2.24) is 4.98 Å². The Morgan fingerprint density at radius 2 is 2.05 bits per heavy atom. The minimum absolute atomic E-state index is 0.0214. The van der Waals surface area contributed by atoms with Gasteiger partial charge in [-0.3, -0.25) is 4.90 Å². The minimum atomic E-state index is -1.10. The molecule has 1 N–H and O–H groups in total. The Morgan fingerprint density at radius 3 is 2.43 bits per heavy atom. The van der Waals surface area contributed by atoms with Crippen LogP contribution in [-0.4, -0.2) is 34.3 Å². The van der Waals surface area contributed by atoms with Gasteiger partial charge in [-0.2, -0.15) is 0 Å². The monoisotopic (exact) mass is 334 g/mol. The molecule has 21 heavy (non-hydrogen) atoms. The van der Waals surface area contributed by atoms with Crippen molar-refractivity contribution in [3.8, 4) is 0 Å². The lowest BCUT2D eigenvalue weighted by molar-refractivity contribution is 0.0579. The molecule has 0 saturated heterocycles. The van der Waals surface area contributed by atoms with Gasteiger partial charge in [-0.15, -0.1) is 11.6 Å². The lowest BCUT2D eigenvalue weighted by atomic mass is 10.2. The van der Waals surface area contributed by atoms with Gasteiger partial charge in [-0.1, -0.05) is 18.3 Å². The van der Waals surface area contributed by atoms with Crippen molar-refractivity contribution in [3.05, 3.63) is 10.6 Å². The highest BCUT2D eigenvalue weighted by molar-refractivity contribution is 7.17. The molecule has 1 heterocycles. The zero-order valence-corrected chi connectivity index (χ0v) is 14.0. The molecule has 0 aliphatic rings. The molecule has 0 radical (unpaired) electrons. The van der Waals surface area contributed by atoms with Crippen LogP contribution in [0, 0.1) is 0 Å². The first-order valence-electron chi connectivity index (χ1n) is 6.49. The maximum absolute atomic E-state index is 12.2. The van der Waals surface area contributed by atoms with Gasteiger partial charge in [-0.05, 0) is 27.2 Å². The number of carbonyl (C=O) groups excluding carboxylic acids is 1. The van der Waals surface area contributed by atoms with Gasteiger partial charge in [0.15, 0.2) is 5.13 Å². The standard InChI is InChI=1S/C13H19ClN2O4S/c1-5-6-16(12(19)20-13(2,3)4)11-15-8(7-14)9(21-11)10(17)18/h5-7H2,1-4H3,(H,17,18). The summed E-state index contributed by atoms with van der Waals surface area (Å²) in [6, 6.07) is 0. The van der Waals surface area contributed by atoms with E-state index in [0.29, 0.717) is 18.1 Å². The van der Waals surface area contributed by atoms with Gasteiger partial charge < -0.3 is 9.84 Å². The first kappa shape index (κ1) is 17.7. The lowest BCUT2D eigenvalue weighted by Crippen LogP contribution is -2.37. The molecule has 0 fully saturated rings. The highest BCUT2D eigenvalue weighted by Gasteiger charge is 2.27. The van der Waals surface area contributed by atoms with Crippen molar-refractivity contribution < 1.29 is 19.4 Å². The van der Waals surface area contributed by atoms with Crippen molar-refractivity contribution >= 4 is 40.1 Å². The number of carboxylic acid groups (broad SMARTS) is 1. The quantitative estimate of drug-likeness (QED) is 0.830. The van der Waals surface area contributed by atoms with Crippen LogP contribution in [0.15, 0.2) is 0 Å². The van der Waals surface area contributed by atoms with Crippen LogP contribution in [-0.2, 0) is 10.6 Å². The number of rotatable bonds is 5. The van der Waals surface area contributed by atoms with Crippen LogP contribution in [0.1, 0.15) is 49.5 Å². The number of halogens is 1. The second kappa shape index (κ2) is 7.09. The van der Waals surface area contributed by atoms with Crippen LogP contribution in [0.2, 0.25) is 0 Å². The Hall–Kier alpha value is -1.34. The van der Waals surface area contributed by atoms with Gasteiger partial charge in [0.2, 0.25) is 0 Å². The topological polar surface area (TPSA) is 79.7 Å². The third-order valence-electron chi connectivity index (χ3n) is 2.30. The fourth-order valence-electron chi connectivity index (χ4n) is 1.52. The van der Waals surface area contributed by atoms with Gasteiger partial charge in [0.25, 0.3) is 0 Å². The first-order valence-corrected chi connectivity index (χ1v) is 7.84. The number of aromatic carboxylic acids is 1. The third kappa shape index (κ3) is 4.86. The fourth-order valence-corrected chi connectivity index (χ4v) is 2.73. The van der Waals surface area contributed by atoms with Crippen molar-refractivity contribution in [2.24, 2.45) is 0 Å². The third-order valence-corrected chi connectivity index (χ3v) is 3.66. The molecule has 0 aliphatic heterocycles. The summed E-state index contributed by atoms with van der Waals surface area (Å²) in [4.78, 5) is 28.9. The number of nitrogens with zero attached hydrogens (tertiary/aromatic N) is 2. The highest BCUT2D eigenvalue weighted by Crippen LogP contribution is 2.29. The number of ether oxygens (including phenoxy) is 1. The van der Waals surface area contributed by atoms with Crippen molar-refractivity contribution in [2.45, 2.75) is 45.6 Å². The molecule has 0 aromatic carbocycles. The lowest BCUT2D eigenvalue weighted by Gasteiger charge is -2.25. The van der Waals surface area contributed by atoms with E-state index in [2.05, 4.69) is 4.98 Å². The van der Waals surface area contributed by atoms with E-state index in [4.69, 9.17) is 21.4 Å². The van der Waals surface area contributed by atoms with Crippen LogP contribution in [0.25, 0.3) is 0 Å². The molecule has 118 valence electrons. The summed E-state index contributed by atoms with van der Waals surface area (Å²) in [5.41, 5.74) is -0.375.